The summed E-state index contributed by atoms with van der Waals surface area (Å²) >= 11 is 0. The number of rotatable bonds is 4. The zero-order valence-corrected chi connectivity index (χ0v) is 23.2. The van der Waals surface area contributed by atoms with Crippen LogP contribution in [0.1, 0.15) is 0 Å². The number of anilines is 3. The molecule has 3 nitrogen and oxygen atoms in total. The molecule has 0 saturated heterocycles. The fraction of sp³-hybridized carbons (Fsp3) is 0. The van der Waals surface area contributed by atoms with E-state index in [0.29, 0.717) is 0 Å². The summed E-state index contributed by atoms with van der Waals surface area (Å²) in [6.07, 6.45) is 0. The SMILES string of the molecule is c1ccc(-c2ccc(N(c3ccc4c(c3)oc3c5ccccc5ccc43)c3cccc4oc5ccccc5c34)cc2)cc1. The molecule has 2 heterocycles. The summed E-state index contributed by atoms with van der Waals surface area (Å²) in [6, 6.07) is 53.1. The molecule has 0 atom stereocenters. The lowest BCUT2D eigenvalue weighted by atomic mass is 10.0. The van der Waals surface area contributed by atoms with Crippen LogP contribution in [0.4, 0.5) is 17.1 Å². The third kappa shape index (κ3) is 3.75. The van der Waals surface area contributed by atoms with Gasteiger partial charge in [0.1, 0.15) is 22.3 Å². The average Bonchev–Trinajstić information content (AvgIpc) is 3.64. The molecule has 0 unspecified atom stereocenters. The van der Waals surface area contributed by atoms with Crippen molar-refractivity contribution in [1.29, 1.82) is 0 Å². The zero-order chi connectivity index (χ0) is 28.3. The van der Waals surface area contributed by atoms with Crippen LogP contribution in [0.5, 0.6) is 0 Å². The third-order valence-electron chi connectivity index (χ3n) is 8.46. The Labute approximate surface area is 247 Å². The number of hydrogen-bond donors (Lipinski definition) is 0. The van der Waals surface area contributed by atoms with E-state index in [9.17, 15) is 0 Å². The van der Waals surface area contributed by atoms with Gasteiger partial charge in [-0.05, 0) is 65.0 Å². The highest BCUT2D eigenvalue weighted by Crippen LogP contribution is 2.44. The maximum absolute atomic E-state index is 6.60. The molecule has 0 amide bonds. The van der Waals surface area contributed by atoms with Gasteiger partial charge in [0.2, 0.25) is 0 Å². The van der Waals surface area contributed by atoms with Crippen LogP contribution < -0.4 is 4.90 Å². The van der Waals surface area contributed by atoms with Crippen LogP contribution in [0.3, 0.4) is 0 Å². The van der Waals surface area contributed by atoms with E-state index >= 15 is 0 Å². The summed E-state index contributed by atoms with van der Waals surface area (Å²) < 4.78 is 12.9. The summed E-state index contributed by atoms with van der Waals surface area (Å²) in [5.74, 6) is 0. The van der Waals surface area contributed by atoms with E-state index in [1.807, 2.05) is 24.3 Å². The van der Waals surface area contributed by atoms with E-state index in [1.54, 1.807) is 0 Å². The molecule has 2 aromatic heterocycles. The first-order valence-electron chi connectivity index (χ1n) is 14.5. The Morgan fingerprint density at radius 2 is 1.09 bits per heavy atom. The number of hydrogen-bond acceptors (Lipinski definition) is 3. The summed E-state index contributed by atoms with van der Waals surface area (Å²) in [5.41, 5.74) is 9.02. The third-order valence-corrected chi connectivity index (χ3v) is 8.46. The van der Waals surface area contributed by atoms with Gasteiger partial charge in [0, 0.05) is 39.0 Å². The topological polar surface area (TPSA) is 29.5 Å². The van der Waals surface area contributed by atoms with E-state index in [4.69, 9.17) is 8.83 Å². The van der Waals surface area contributed by atoms with Gasteiger partial charge in [0.15, 0.2) is 0 Å². The van der Waals surface area contributed by atoms with Crippen LogP contribution in [0.15, 0.2) is 160 Å². The smallest absolute Gasteiger partial charge is 0.143 e. The molecule has 0 aliphatic carbocycles. The van der Waals surface area contributed by atoms with Gasteiger partial charge < -0.3 is 13.7 Å². The predicted molar refractivity (Wildman–Crippen MR) is 179 cm³/mol. The minimum atomic E-state index is 0.860. The highest BCUT2D eigenvalue weighted by molar-refractivity contribution is 6.16. The molecule has 0 aliphatic rings. The van der Waals surface area contributed by atoms with Gasteiger partial charge in [-0.3, -0.25) is 0 Å². The Morgan fingerprint density at radius 1 is 0.395 bits per heavy atom. The van der Waals surface area contributed by atoms with Crippen molar-refractivity contribution < 1.29 is 8.83 Å². The molecule has 0 radical (unpaired) electrons. The fourth-order valence-corrected chi connectivity index (χ4v) is 6.44. The molecular weight excluding hydrogens is 526 g/mol. The summed E-state index contributed by atoms with van der Waals surface area (Å²) in [5, 5.41) is 6.71. The fourth-order valence-electron chi connectivity index (χ4n) is 6.44. The number of furan rings is 2. The number of nitrogens with zero attached hydrogens (tertiary/aromatic N) is 1. The van der Waals surface area contributed by atoms with Gasteiger partial charge >= 0.3 is 0 Å². The van der Waals surface area contributed by atoms with Gasteiger partial charge in [-0.25, -0.2) is 0 Å². The van der Waals surface area contributed by atoms with Crippen molar-refractivity contribution in [1.82, 2.24) is 0 Å². The predicted octanol–water partition coefficient (Wildman–Crippen LogP) is 11.8. The molecule has 0 N–H and O–H groups in total. The summed E-state index contributed by atoms with van der Waals surface area (Å²) in [6.45, 7) is 0. The molecule has 0 fully saturated rings. The minimum Gasteiger partial charge on any atom is -0.456 e. The Morgan fingerprint density at radius 3 is 1.98 bits per heavy atom. The Hall–Kier alpha value is -5.80. The number of fused-ring (bicyclic) bond motifs is 8. The number of benzene rings is 7. The molecule has 0 saturated carbocycles. The normalized spacial score (nSPS) is 11.7. The maximum Gasteiger partial charge on any atom is 0.143 e. The molecule has 202 valence electrons. The molecule has 9 aromatic rings. The summed E-state index contributed by atoms with van der Waals surface area (Å²) in [7, 11) is 0. The largest absolute Gasteiger partial charge is 0.456 e. The van der Waals surface area contributed by atoms with Gasteiger partial charge in [-0.1, -0.05) is 97.1 Å². The van der Waals surface area contributed by atoms with E-state index in [2.05, 4.69) is 132 Å². The highest BCUT2D eigenvalue weighted by Gasteiger charge is 2.21. The second kappa shape index (κ2) is 9.37. The Balaban J connectivity index is 1.28. The van der Waals surface area contributed by atoms with Crippen LogP contribution in [0, 0.1) is 0 Å². The second-order valence-electron chi connectivity index (χ2n) is 10.9. The first-order chi connectivity index (χ1) is 21.3. The van der Waals surface area contributed by atoms with Crippen molar-refractivity contribution in [3.63, 3.8) is 0 Å². The van der Waals surface area contributed by atoms with Crippen LogP contribution >= 0.6 is 0 Å². The van der Waals surface area contributed by atoms with Crippen LogP contribution in [0.2, 0.25) is 0 Å². The van der Waals surface area contributed by atoms with Crippen LogP contribution in [-0.4, -0.2) is 0 Å². The highest BCUT2D eigenvalue weighted by atomic mass is 16.3. The molecule has 0 bridgehead atoms. The molecule has 9 rings (SSSR count). The molecule has 0 aliphatic heterocycles. The minimum absolute atomic E-state index is 0.860. The van der Waals surface area contributed by atoms with Gasteiger partial charge in [-0.15, -0.1) is 0 Å². The van der Waals surface area contributed by atoms with Crippen molar-refractivity contribution in [2.75, 3.05) is 4.90 Å². The van der Waals surface area contributed by atoms with E-state index in [0.717, 1.165) is 66.3 Å². The van der Waals surface area contributed by atoms with Gasteiger partial charge in [0.05, 0.1) is 11.1 Å². The monoisotopic (exact) mass is 551 g/mol. The van der Waals surface area contributed by atoms with Gasteiger partial charge in [0.25, 0.3) is 0 Å². The van der Waals surface area contributed by atoms with Crippen molar-refractivity contribution in [3.8, 4) is 11.1 Å². The van der Waals surface area contributed by atoms with E-state index in [1.165, 1.54) is 16.5 Å². The first-order valence-corrected chi connectivity index (χ1v) is 14.5. The average molecular weight is 552 g/mol. The quantitative estimate of drug-likeness (QED) is 0.218. The molecule has 43 heavy (non-hydrogen) atoms. The zero-order valence-electron chi connectivity index (χ0n) is 23.2. The molecule has 3 heteroatoms. The van der Waals surface area contributed by atoms with Gasteiger partial charge in [-0.2, -0.15) is 0 Å². The molecule has 0 spiro atoms. The van der Waals surface area contributed by atoms with Crippen LogP contribution in [0.25, 0.3) is 65.8 Å². The second-order valence-corrected chi connectivity index (χ2v) is 10.9. The lowest BCUT2D eigenvalue weighted by molar-refractivity contribution is 0.669. The van der Waals surface area contributed by atoms with Crippen LogP contribution in [-0.2, 0) is 0 Å². The van der Waals surface area contributed by atoms with Crippen molar-refractivity contribution in [3.05, 3.63) is 152 Å². The first kappa shape index (κ1) is 23.9. The van der Waals surface area contributed by atoms with Crippen molar-refractivity contribution >= 4 is 71.7 Å². The maximum atomic E-state index is 6.60. The lowest BCUT2D eigenvalue weighted by Gasteiger charge is -2.26. The lowest BCUT2D eigenvalue weighted by Crippen LogP contribution is -2.10. The van der Waals surface area contributed by atoms with E-state index < -0.39 is 0 Å². The standard InChI is InChI=1S/C40H25NO2/c1-2-9-26(10-3-1)27-17-20-29(21-18-27)41(35-14-8-16-37-39(35)34-13-6-7-15-36(34)42-37)30-22-24-32-33-23-19-28-11-4-5-12-31(28)40(33)43-38(32)25-30/h1-25H. The Bertz CT molecular complexity index is 2450. The number of para-hydroxylation sites is 1. The molecule has 7 aromatic carbocycles. The molecular formula is C40H25NO2. The van der Waals surface area contributed by atoms with Crippen molar-refractivity contribution in [2.24, 2.45) is 0 Å². The summed E-state index contributed by atoms with van der Waals surface area (Å²) in [4.78, 5) is 2.31. The van der Waals surface area contributed by atoms with Crippen molar-refractivity contribution in [2.45, 2.75) is 0 Å². The van der Waals surface area contributed by atoms with E-state index in [-0.39, 0.29) is 0 Å². The Kier molecular flexibility index (Phi) is 5.20.